The summed E-state index contributed by atoms with van der Waals surface area (Å²) in [5, 5.41) is 7.30. The third kappa shape index (κ3) is 4.04. The van der Waals surface area contributed by atoms with Gasteiger partial charge in [-0.05, 0) is 75.4 Å². The number of amides is 1. The van der Waals surface area contributed by atoms with Crippen LogP contribution in [-0.2, 0) is 10.2 Å². The molecule has 2 fully saturated rings. The highest BCUT2D eigenvalue weighted by molar-refractivity contribution is 6.02. The van der Waals surface area contributed by atoms with Crippen molar-refractivity contribution in [2.45, 2.75) is 50.5 Å². The minimum Gasteiger partial charge on any atom is -0.497 e. The number of halogens is 1. The van der Waals surface area contributed by atoms with Crippen LogP contribution in [0.3, 0.4) is 0 Å². The maximum absolute atomic E-state index is 14.5. The summed E-state index contributed by atoms with van der Waals surface area (Å²) in [6, 6.07) is 11.3. The molecule has 0 aliphatic heterocycles. The van der Waals surface area contributed by atoms with Crippen molar-refractivity contribution in [3.8, 4) is 11.5 Å². The summed E-state index contributed by atoms with van der Waals surface area (Å²) < 4.78 is 27.2. The van der Waals surface area contributed by atoms with Gasteiger partial charge in [0.2, 0.25) is 5.91 Å². The SMILES string of the molecule is COc1ccc(F)c(C2(C(=O)Nc3cccc(C(=O)Oc4cn(C5CCC5)nc4C)c3)CC2)c1. The number of carbonyl (C=O) groups is 2. The van der Waals surface area contributed by atoms with Crippen molar-refractivity contribution in [2.24, 2.45) is 0 Å². The Bertz CT molecular complexity index is 1260. The Morgan fingerprint density at radius 3 is 2.65 bits per heavy atom. The van der Waals surface area contributed by atoms with Gasteiger partial charge in [0.1, 0.15) is 17.3 Å². The Morgan fingerprint density at radius 1 is 1.18 bits per heavy atom. The molecule has 2 saturated carbocycles. The maximum atomic E-state index is 14.5. The molecule has 0 saturated heterocycles. The molecule has 1 amide bonds. The summed E-state index contributed by atoms with van der Waals surface area (Å²) in [5.74, 6) is -0.369. The van der Waals surface area contributed by atoms with Crippen LogP contribution < -0.4 is 14.8 Å². The van der Waals surface area contributed by atoms with Gasteiger partial charge in [-0.3, -0.25) is 9.48 Å². The Hall–Kier alpha value is -3.68. The van der Waals surface area contributed by atoms with Gasteiger partial charge in [0.05, 0.1) is 30.3 Å². The van der Waals surface area contributed by atoms with Crippen molar-refractivity contribution >= 4 is 17.6 Å². The number of hydrogen-bond acceptors (Lipinski definition) is 5. The molecule has 2 aromatic carbocycles. The summed E-state index contributed by atoms with van der Waals surface area (Å²) in [4.78, 5) is 25.9. The van der Waals surface area contributed by atoms with Crippen LogP contribution in [0.15, 0.2) is 48.7 Å². The van der Waals surface area contributed by atoms with Crippen molar-refractivity contribution in [3.05, 3.63) is 71.3 Å². The average molecular weight is 464 g/mol. The predicted octanol–water partition coefficient (Wildman–Crippen LogP) is 4.95. The van der Waals surface area contributed by atoms with Crippen LogP contribution in [0.5, 0.6) is 11.5 Å². The molecular formula is C26H26FN3O4. The van der Waals surface area contributed by atoms with Crippen molar-refractivity contribution in [1.82, 2.24) is 9.78 Å². The van der Waals surface area contributed by atoms with E-state index in [-0.39, 0.29) is 5.91 Å². The molecule has 176 valence electrons. The van der Waals surface area contributed by atoms with Gasteiger partial charge in [-0.25, -0.2) is 9.18 Å². The number of aromatic nitrogens is 2. The van der Waals surface area contributed by atoms with Gasteiger partial charge >= 0.3 is 5.97 Å². The van der Waals surface area contributed by atoms with Crippen LogP contribution in [-0.4, -0.2) is 28.8 Å². The zero-order chi connectivity index (χ0) is 23.9. The Morgan fingerprint density at radius 2 is 1.97 bits per heavy atom. The first-order valence-electron chi connectivity index (χ1n) is 11.4. The first-order valence-corrected chi connectivity index (χ1v) is 11.4. The van der Waals surface area contributed by atoms with E-state index in [1.165, 1.54) is 25.7 Å². The van der Waals surface area contributed by atoms with Gasteiger partial charge in [-0.2, -0.15) is 5.10 Å². The second-order valence-electron chi connectivity index (χ2n) is 9.00. The van der Waals surface area contributed by atoms with Gasteiger partial charge in [-0.1, -0.05) is 6.07 Å². The van der Waals surface area contributed by atoms with Gasteiger partial charge in [0.25, 0.3) is 0 Å². The Balaban J connectivity index is 1.30. The molecule has 5 rings (SSSR count). The van der Waals surface area contributed by atoms with Crippen LogP contribution in [0.1, 0.15) is 59.8 Å². The van der Waals surface area contributed by atoms with E-state index in [0.717, 1.165) is 12.8 Å². The van der Waals surface area contributed by atoms with E-state index in [0.29, 0.717) is 52.9 Å². The minimum absolute atomic E-state index is 0.297. The maximum Gasteiger partial charge on any atom is 0.343 e. The number of carbonyl (C=O) groups excluding carboxylic acids is 2. The van der Waals surface area contributed by atoms with E-state index < -0.39 is 17.2 Å². The fourth-order valence-corrected chi connectivity index (χ4v) is 4.28. The molecule has 1 N–H and O–H groups in total. The van der Waals surface area contributed by atoms with Crippen LogP contribution >= 0.6 is 0 Å². The van der Waals surface area contributed by atoms with Crippen molar-refractivity contribution in [2.75, 3.05) is 12.4 Å². The fraction of sp³-hybridized carbons (Fsp3) is 0.346. The van der Waals surface area contributed by atoms with E-state index in [9.17, 15) is 14.0 Å². The number of methoxy groups -OCH3 is 1. The number of nitrogens with zero attached hydrogens (tertiary/aromatic N) is 2. The predicted molar refractivity (Wildman–Crippen MR) is 124 cm³/mol. The molecule has 7 nitrogen and oxygen atoms in total. The zero-order valence-electron chi connectivity index (χ0n) is 19.1. The number of rotatable bonds is 7. The zero-order valence-corrected chi connectivity index (χ0v) is 19.1. The summed E-state index contributed by atoms with van der Waals surface area (Å²) in [6.45, 7) is 1.81. The van der Waals surface area contributed by atoms with Gasteiger partial charge in [-0.15, -0.1) is 0 Å². The number of nitrogens with one attached hydrogen (secondary N) is 1. The number of hydrogen-bond donors (Lipinski definition) is 1. The molecule has 34 heavy (non-hydrogen) atoms. The molecule has 8 heteroatoms. The van der Waals surface area contributed by atoms with E-state index in [1.54, 1.807) is 43.5 Å². The number of anilines is 1. The largest absolute Gasteiger partial charge is 0.497 e. The number of benzene rings is 2. The van der Waals surface area contributed by atoms with Gasteiger partial charge in [0, 0.05) is 11.3 Å². The van der Waals surface area contributed by atoms with Crippen LogP contribution in [0.25, 0.3) is 0 Å². The standard InChI is InChI=1S/C26H26FN3O4/c1-16-23(15-30(29-16)19-7-4-8-19)34-24(31)17-5-3-6-18(13-17)28-25(32)26(11-12-26)21-14-20(33-2)9-10-22(21)27/h3,5-6,9-10,13-15,19H,4,7-8,11-12H2,1-2H3,(H,28,32). The van der Waals surface area contributed by atoms with Crippen LogP contribution in [0.2, 0.25) is 0 Å². The second kappa shape index (κ2) is 8.59. The van der Waals surface area contributed by atoms with Crippen LogP contribution in [0.4, 0.5) is 10.1 Å². The number of aryl methyl sites for hydroxylation is 1. The first-order chi connectivity index (χ1) is 16.4. The van der Waals surface area contributed by atoms with E-state index >= 15 is 0 Å². The lowest BCUT2D eigenvalue weighted by atomic mass is 9.93. The van der Waals surface area contributed by atoms with E-state index in [1.807, 2.05) is 4.68 Å². The normalized spacial score (nSPS) is 16.4. The molecular weight excluding hydrogens is 437 g/mol. The highest BCUT2D eigenvalue weighted by atomic mass is 19.1. The fourth-order valence-electron chi connectivity index (χ4n) is 4.28. The number of esters is 1. The Labute approximate surface area is 196 Å². The van der Waals surface area contributed by atoms with Gasteiger partial charge < -0.3 is 14.8 Å². The molecule has 0 spiro atoms. The second-order valence-corrected chi connectivity index (χ2v) is 9.00. The lowest BCUT2D eigenvalue weighted by molar-refractivity contribution is -0.118. The molecule has 2 aliphatic rings. The van der Waals surface area contributed by atoms with Crippen molar-refractivity contribution < 1.29 is 23.5 Å². The molecule has 0 radical (unpaired) electrons. The molecule has 3 aromatic rings. The van der Waals surface area contributed by atoms with E-state index in [2.05, 4.69) is 10.4 Å². The lowest BCUT2D eigenvalue weighted by Crippen LogP contribution is -2.29. The van der Waals surface area contributed by atoms with E-state index in [4.69, 9.17) is 9.47 Å². The lowest BCUT2D eigenvalue weighted by Gasteiger charge is -2.25. The molecule has 0 unspecified atom stereocenters. The summed E-state index contributed by atoms with van der Waals surface area (Å²) >= 11 is 0. The third-order valence-electron chi connectivity index (χ3n) is 6.75. The van der Waals surface area contributed by atoms with Crippen LogP contribution in [0, 0.1) is 12.7 Å². The minimum atomic E-state index is -0.942. The highest BCUT2D eigenvalue weighted by Crippen LogP contribution is 2.50. The van der Waals surface area contributed by atoms with Gasteiger partial charge in [0.15, 0.2) is 5.75 Å². The Kier molecular flexibility index (Phi) is 5.59. The third-order valence-corrected chi connectivity index (χ3v) is 6.75. The average Bonchev–Trinajstić information content (AvgIpc) is 3.53. The molecule has 0 atom stereocenters. The smallest absolute Gasteiger partial charge is 0.343 e. The monoisotopic (exact) mass is 463 g/mol. The molecule has 1 heterocycles. The topological polar surface area (TPSA) is 82.5 Å². The molecule has 2 aliphatic carbocycles. The summed E-state index contributed by atoms with van der Waals surface area (Å²) in [5.41, 5.74) is 0.768. The molecule has 0 bridgehead atoms. The number of ether oxygens (including phenoxy) is 2. The first kappa shape index (κ1) is 22.1. The summed E-state index contributed by atoms with van der Waals surface area (Å²) in [7, 11) is 1.50. The highest BCUT2D eigenvalue weighted by Gasteiger charge is 2.53. The van der Waals surface area contributed by atoms with Crippen molar-refractivity contribution in [3.63, 3.8) is 0 Å². The quantitative estimate of drug-likeness (QED) is 0.501. The summed E-state index contributed by atoms with van der Waals surface area (Å²) in [6.07, 6.45) is 6.18. The molecule has 1 aromatic heterocycles. The van der Waals surface area contributed by atoms with Crippen molar-refractivity contribution in [1.29, 1.82) is 0 Å².